The van der Waals surface area contributed by atoms with Crippen LogP contribution in [0.15, 0.2) is 75.6 Å². The van der Waals surface area contributed by atoms with Gasteiger partial charge in [-0.15, -0.1) is 0 Å². The highest BCUT2D eigenvalue weighted by Gasteiger charge is 2.46. The second-order valence-corrected chi connectivity index (χ2v) is 8.71. The summed E-state index contributed by atoms with van der Waals surface area (Å²) in [5, 5.41) is 0. The lowest BCUT2D eigenvalue weighted by Gasteiger charge is -2.45. The van der Waals surface area contributed by atoms with E-state index in [2.05, 4.69) is 31.0 Å². The first-order chi connectivity index (χ1) is 16.0. The third-order valence-electron chi connectivity index (χ3n) is 6.33. The number of rotatable bonds is 6. The largest absolute Gasteiger partial charge is 0.462 e. The summed E-state index contributed by atoms with van der Waals surface area (Å²) < 4.78 is 5.18. The number of carbonyl (C=O) groups is 1. The molecule has 1 N–H and O–H groups in total. The van der Waals surface area contributed by atoms with Crippen molar-refractivity contribution in [1.82, 2.24) is 4.98 Å². The minimum atomic E-state index is -0.493. The number of allylic oxidation sites excluding steroid dienone is 3. The molecular formula is C28H30N2O3. The summed E-state index contributed by atoms with van der Waals surface area (Å²) in [5.41, 5.74) is 5.62. The van der Waals surface area contributed by atoms with Crippen LogP contribution < -0.4 is 5.56 Å². The van der Waals surface area contributed by atoms with Crippen LogP contribution in [0.2, 0.25) is 0 Å². The van der Waals surface area contributed by atoms with Crippen LogP contribution in [0.3, 0.4) is 0 Å². The van der Waals surface area contributed by atoms with Crippen molar-refractivity contribution in [2.24, 2.45) is 10.9 Å². The van der Waals surface area contributed by atoms with E-state index in [9.17, 15) is 9.59 Å². The van der Waals surface area contributed by atoms with E-state index in [1.54, 1.807) is 18.2 Å². The molecule has 5 heteroatoms. The Labute approximate surface area is 194 Å². The molecule has 0 fully saturated rings. The molecule has 1 aromatic carbocycles. The Hall–Kier alpha value is -3.47. The molecule has 4 rings (SSSR count). The molecule has 2 aliphatic rings. The van der Waals surface area contributed by atoms with Gasteiger partial charge >= 0.3 is 5.97 Å². The number of hydrogen-bond donors (Lipinski definition) is 1. The fourth-order valence-corrected chi connectivity index (χ4v) is 4.99. The van der Waals surface area contributed by atoms with Crippen molar-refractivity contribution in [2.75, 3.05) is 6.61 Å². The average molecular weight is 443 g/mol. The molecule has 170 valence electrons. The van der Waals surface area contributed by atoms with Crippen LogP contribution in [0.25, 0.3) is 6.08 Å². The van der Waals surface area contributed by atoms with Gasteiger partial charge in [0.1, 0.15) is 5.54 Å². The molecule has 33 heavy (non-hydrogen) atoms. The van der Waals surface area contributed by atoms with Crippen molar-refractivity contribution in [2.45, 2.75) is 45.6 Å². The van der Waals surface area contributed by atoms with Crippen LogP contribution in [0.5, 0.6) is 0 Å². The Morgan fingerprint density at radius 1 is 1.24 bits per heavy atom. The highest BCUT2D eigenvalue weighted by molar-refractivity contribution is 5.89. The van der Waals surface area contributed by atoms with Crippen molar-refractivity contribution in [3.8, 4) is 0 Å². The number of aromatic nitrogens is 1. The molecule has 2 unspecified atom stereocenters. The Morgan fingerprint density at radius 2 is 2.03 bits per heavy atom. The van der Waals surface area contributed by atoms with Crippen LogP contribution in [-0.4, -0.2) is 23.8 Å². The molecule has 1 heterocycles. The Balaban J connectivity index is 1.60. The lowest BCUT2D eigenvalue weighted by Crippen LogP contribution is -2.40. The summed E-state index contributed by atoms with van der Waals surface area (Å²) >= 11 is 0. The molecule has 0 spiro atoms. The number of aromatic amines is 1. The van der Waals surface area contributed by atoms with Gasteiger partial charge in [-0.1, -0.05) is 42.9 Å². The molecule has 2 atom stereocenters. The Kier molecular flexibility index (Phi) is 6.59. The van der Waals surface area contributed by atoms with Crippen molar-refractivity contribution in [3.63, 3.8) is 0 Å². The standard InChI is InChI=1S/C28H30N2O3/c1-4-15-33-27(32)21-10-8-20(9-11-21)7-6-14-29-28-18-19(3)16-22(23(28)5-2)17-25-24(28)12-13-26(31)30-25/h5-14,16,22H,4,15,17-18H2,1-3H3,(H,30,31)/b7-6+,23-5+,29-14?. The van der Waals surface area contributed by atoms with E-state index >= 15 is 0 Å². The highest BCUT2D eigenvalue weighted by atomic mass is 16.5. The zero-order valence-corrected chi connectivity index (χ0v) is 19.4. The minimum absolute atomic E-state index is 0.0718. The van der Waals surface area contributed by atoms with Crippen molar-refractivity contribution >= 4 is 18.3 Å². The number of hydrogen-bond acceptors (Lipinski definition) is 4. The molecule has 0 amide bonds. The number of fused-ring (bicyclic) bond motifs is 4. The molecule has 1 aromatic heterocycles. The number of ether oxygens (including phenoxy) is 1. The topological polar surface area (TPSA) is 71.5 Å². The molecule has 2 bridgehead atoms. The maximum atomic E-state index is 12.0. The minimum Gasteiger partial charge on any atom is -0.462 e. The second-order valence-electron chi connectivity index (χ2n) is 8.71. The average Bonchev–Trinajstić information content (AvgIpc) is 2.80. The maximum Gasteiger partial charge on any atom is 0.338 e. The van der Waals surface area contributed by atoms with Crippen LogP contribution in [0.4, 0.5) is 0 Å². The molecular weight excluding hydrogens is 412 g/mol. The number of benzene rings is 1. The van der Waals surface area contributed by atoms with E-state index in [1.165, 1.54) is 11.1 Å². The summed E-state index contributed by atoms with van der Waals surface area (Å²) in [6, 6.07) is 10.9. The highest BCUT2D eigenvalue weighted by Crippen LogP contribution is 2.51. The van der Waals surface area contributed by atoms with E-state index in [4.69, 9.17) is 9.73 Å². The third-order valence-corrected chi connectivity index (χ3v) is 6.33. The molecule has 0 aliphatic heterocycles. The summed E-state index contributed by atoms with van der Waals surface area (Å²) in [6.45, 7) is 6.63. The van der Waals surface area contributed by atoms with Crippen LogP contribution in [-0.2, 0) is 16.7 Å². The van der Waals surface area contributed by atoms with Gasteiger partial charge in [0, 0.05) is 35.9 Å². The lowest BCUT2D eigenvalue weighted by molar-refractivity contribution is 0.0505. The molecule has 0 saturated carbocycles. The number of aliphatic imine (C=N–C) groups is 1. The van der Waals surface area contributed by atoms with Gasteiger partial charge in [-0.25, -0.2) is 4.79 Å². The van der Waals surface area contributed by atoms with Crippen LogP contribution in [0, 0.1) is 5.92 Å². The van der Waals surface area contributed by atoms with Gasteiger partial charge < -0.3 is 9.72 Å². The summed E-state index contributed by atoms with van der Waals surface area (Å²) in [4.78, 5) is 32.0. The van der Waals surface area contributed by atoms with Gasteiger partial charge in [0.25, 0.3) is 0 Å². The molecule has 0 radical (unpaired) electrons. The molecule has 0 saturated heterocycles. The van der Waals surface area contributed by atoms with E-state index in [-0.39, 0.29) is 17.4 Å². The second kappa shape index (κ2) is 9.57. The zero-order chi connectivity index (χ0) is 23.4. The number of nitrogens with zero attached hydrogens (tertiary/aromatic N) is 1. The zero-order valence-electron chi connectivity index (χ0n) is 19.4. The van der Waals surface area contributed by atoms with Gasteiger partial charge in [0.15, 0.2) is 0 Å². The smallest absolute Gasteiger partial charge is 0.338 e. The van der Waals surface area contributed by atoms with Crippen molar-refractivity contribution in [1.29, 1.82) is 0 Å². The van der Waals surface area contributed by atoms with Gasteiger partial charge in [0.05, 0.1) is 12.2 Å². The first kappa shape index (κ1) is 22.7. The lowest BCUT2D eigenvalue weighted by atomic mass is 9.63. The molecule has 2 aliphatic carbocycles. The predicted octanol–water partition coefficient (Wildman–Crippen LogP) is 5.39. The molecule has 2 aromatic rings. The fourth-order valence-electron chi connectivity index (χ4n) is 4.99. The predicted molar refractivity (Wildman–Crippen MR) is 133 cm³/mol. The fraction of sp³-hybridized carbons (Fsp3) is 0.321. The van der Waals surface area contributed by atoms with Gasteiger partial charge in [-0.05, 0) is 62.1 Å². The van der Waals surface area contributed by atoms with Gasteiger partial charge in [-0.3, -0.25) is 9.79 Å². The summed E-state index contributed by atoms with van der Waals surface area (Å²) in [5.74, 6) is -0.0494. The number of H-pyrrole nitrogens is 1. The van der Waals surface area contributed by atoms with Crippen LogP contribution >= 0.6 is 0 Å². The Bertz CT molecular complexity index is 1210. The number of pyridine rings is 1. The monoisotopic (exact) mass is 442 g/mol. The van der Waals surface area contributed by atoms with E-state index < -0.39 is 5.54 Å². The Morgan fingerprint density at radius 3 is 2.76 bits per heavy atom. The van der Waals surface area contributed by atoms with Gasteiger partial charge in [0.2, 0.25) is 5.56 Å². The number of esters is 1. The normalized spacial score (nSPS) is 23.1. The quantitative estimate of drug-likeness (QED) is 0.370. The third kappa shape index (κ3) is 4.54. The number of nitrogens with one attached hydrogen (secondary N) is 1. The first-order valence-electron chi connectivity index (χ1n) is 11.5. The van der Waals surface area contributed by atoms with E-state index in [0.29, 0.717) is 12.2 Å². The molecule has 5 nitrogen and oxygen atoms in total. The van der Waals surface area contributed by atoms with E-state index in [0.717, 1.165) is 36.1 Å². The van der Waals surface area contributed by atoms with E-state index in [1.807, 2.05) is 43.5 Å². The van der Waals surface area contributed by atoms with Gasteiger partial charge in [-0.2, -0.15) is 0 Å². The van der Waals surface area contributed by atoms with Crippen molar-refractivity contribution in [3.05, 3.63) is 98.5 Å². The SMILES string of the molecule is C/C=C1\C2C=C(C)CC1(N=C/C=C/c1ccc(C(=O)OCCC)cc1)c1ccc(=O)[nH]c1C2. The number of carbonyl (C=O) groups excluding carboxylic acids is 1. The summed E-state index contributed by atoms with van der Waals surface area (Å²) in [6.07, 6.45) is 12.6. The summed E-state index contributed by atoms with van der Waals surface area (Å²) in [7, 11) is 0. The maximum absolute atomic E-state index is 12.0. The van der Waals surface area contributed by atoms with Crippen LogP contribution in [0.1, 0.15) is 60.8 Å². The first-order valence-corrected chi connectivity index (χ1v) is 11.5. The van der Waals surface area contributed by atoms with Crippen molar-refractivity contribution < 1.29 is 9.53 Å².